The summed E-state index contributed by atoms with van der Waals surface area (Å²) in [5.41, 5.74) is 1.38. The lowest BCUT2D eigenvalue weighted by molar-refractivity contribution is 0.304. The van der Waals surface area contributed by atoms with Gasteiger partial charge in [-0.25, -0.2) is 4.98 Å². The van der Waals surface area contributed by atoms with E-state index in [0.29, 0.717) is 22.9 Å². The van der Waals surface area contributed by atoms with Gasteiger partial charge in [0, 0.05) is 4.88 Å². The van der Waals surface area contributed by atoms with Gasteiger partial charge < -0.3 is 4.74 Å². The maximum Gasteiger partial charge on any atom is 0.140 e. The molecule has 0 saturated carbocycles. The molecule has 0 aliphatic rings. The van der Waals surface area contributed by atoms with Crippen molar-refractivity contribution in [3.63, 3.8) is 0 Å². The highest BCUT2D eigenvalue weighted by atomic mass is 35.5. The number of hydrogen-bond acceptors (Lipinski definition) is 4. The van der Waals surface area contributed by atoms with Gasteiger partial charge in [-0.2, -0.15) is 5.26 Å². The van der Waals surface area contributed by atoms with Crippen LogP contribution in [0.2, 0.25) is 5.02 Å². The molecule has 0 amide bonds. The zero-order valence-electron chi connectivity index (χ0n) is 10.0. The standard InChI is InChI=1S/C13H11ClN2OS/c1-8-9(2)18-13(16-8)7-17-12-5-3-4-11(14)10(12)6-15/h3-5H,7H2,1-2H3. The summed E-state index contributed by atoms with van der Waals surface area (Å²) in [7, 11) is 0. The van der Waals surface area contributed by atoms with Gasteiger partial charge in [-0.1, -0.05) is 17.7 Å². The monoisotopic (exact) mass is 278 g/mol. The first kappa shape index (κ1) is 12.9. The van der Waals surface area contributed by atoms with Crippen molar-refractivity contribution < 1.29 is 4.74 Å². The molecule has 0 aliphatic heterocycles. The number of hydrogen-bond donors (Lipinski definition) is 0. The lowest BCUT2D eigenvalue weighted by Gasteiger charge is -2.06. The van der Waals surface area contributed by atoms with Crippen molar-refractivity contribution in [3.05, 3.63) is 44.4 Å². The molecule has 92 valence electrons. The van der Waals surface area contributed by atoms with Crippen LogP contribution in [0, 0.1) is 25.2 Å². The fraction of sp³-hybridized carbons (Fsp3) is 0.231. The van der Waals surface area contributed by atoms with E-state index < -0.39 is 0 Å². The van der Waals surface area contributed by atoms with Crippen LogP contribution in [0.15, 0.2) is 18.2 Å². The van der Waals surface area contributed by atoms with Crippen molar-refractivity contribution in [1.29, 1.82) is 5.26 Å². The minimum absolute atomic E-state index is 0.356. The molecule has 0 aliphatic carbocycles. The smallest absolute Gasteiger partial charge is 0.140 e. The van der Waals surface area contributed by atoms with E-state index in [9.17, 15) is 0 Å². The van der Waals surface area contributed by atoms with Crippen LogP contribution in [-0.2, 0) is 6.61 Å². The first-order chi connectivity index (χ1) is 8.61. The van der Waals surface area contributed by atoms with Crippen molar-refractivity contribution >= 4 is 22.9 Å². The second-order valence-corrected chi connectivity index (χ2v) is 5.46. The van der Waals surface area contributed by atoms with Crippen LogP contribution in [0.25, 0.3) is 0 Å². The first-order valence-corrected chi connectivity index (χ1v) is 6.55. The average Bonchev–Trinajstić information content (AvgIpc) is 2.66. The van der Waals surface area contributed by atoms with Crippen molar-refractivity contribution in [2.24, 2.45) is 0 Å². The van der Waals surface area contributed by atoms with Gasteiger partial charge in [-0.15, -0.1) is 11.3 Å². The van der Waals surface area contributed by atoms with Crippen molar-refractivity contribution in [2.75, 3.05) is 0 Å². The number of ether oxygens (including phenoxy) is 1. The third-order valence-corrected chi connectivity index (χ3v) is 3.87. The second-order valence-electron chi connectivity index (χ2n) is 3.76. The Morgan fingerprint density at radius 1 is 1.44 bits per heavy atom. The number of rotatable bonds is 3. The number of aryl methyl sites for hydroxylation is 2. The van der Waals surface area contributed by atoms with Gasteiger partial charge >= 0.3 is 0 Å². The predicted octanol–water partition coefficient (Wildman–Crippen LogP) is 3.86. The van der Waals surface area contributed by atoms with Crippen LogP contribution in [0.4, 0.5) is 0 Å². The summed E-state index contributed by atoms with van der Waals surface area (Å²) >= 11 is 7.52. The van der Waals surface area contributed by atoms with E-state index in [0.717, 1.165) is 10.7 Å². The van der Waals surface area contributed by atoms with Crippen LogP contribution in [-0.4, -0.2) is 4.98 Å². The van der Waals surface area contributed by atoms with E-state index in [2.05, 4.69) is 4.98 Å². The lowest BCUT2D eigenvalue weighted by Crippen LogP contribution is -1.97. The van der Waals surface area contributed by atoms with Crippen LogP contribution >= 0.6 is 22.9 Å². The molecule has 3 nitrogen and oxygen atoms in total. The third-order valence-electron chi connectivity index (χ3n) is 2.51. The largest absolute Gasteiger partial charge is 0.485 e. The number of thiazole rings is 1. The van der Waals surface area contributed by atoms with Gasteiger partial charge in [0.05, 0.1) is 10.7 Å². The Kier molecular flexibility index (Phi) is 3.85. The Morgan fingerprint density at radius 3 is 2.83 bits per heavy atom. The van der Waals surface area contributed by atoms with Crippen LogP contribution in [0.3, 0.4) is 0 Å². The van der Waals surface area contributed by atoms with E-state index in [1.165, 1.54) is 4.88 Å². The quantitative estimate of drug-likeness (QED) is 0.856. The Labute approximate surface area is 115 Å². The summed E-state index contributed by atoms with van der Waals surface area (Å²) in [5, 5.41) is 10.3. The van der Waals surface area contributed by atoms with E-state index in [1.54, 1.807) is 29.5 Å². The third kappa shape index (κ3) is 2.63. The molecule has 0 N–H and O–H groups in total. The van der Waals surface area contributed by atoms with Gasteiger partial charge in [0.15, 0.2) is 0 Å². The summed E-state index contributed by atoms with van der Waals surface area (Å²) in [5.74, 6) is 0.496. The summed E-state index contributed by atoms with van der Waals surface area (Å²) in [6.45, 7) is 4.35. The molecule has 1 aromatic heterocycles. The Hall–Kier alpha value is -1.57. The van der Waals surface area contributed by atoms with Crippen LogP contribution in [0.1, 0.15) is 21.1 Å². The normalized spacial score (nSPS) is 10.1. The Morgan fingerprint density at radius 2 is 2.22 bits per heavy atom. The van der Waals surface area contributed by atoms with Crippen LogP contribution < -0.4 is 4.74 Å². The molecule has 0 bridgehead atoms. The minimum Gasteiger partial charge on any atom is -0.485 e. The summed E-state index contributed by atoms with van der Waals surface area (Å²) in [6.07, 6.45) is 0. The molecular weight excluding hydrogens is 268 g/mol. The van der Waals surface area contributed by atoms with E-state index in [4.69, 9.17) is 21.6 Å². The molecule has 2 rings (SSSR count). The number of aromatic nitrogens is 1. The first-order valence-electron chi connectivity index (χ1n) is 5.36. The van der Waals surface area contributed by atoms with Crippen molar-refractivity contribution in [3.8, 4) is 11.8 Å². The molecule has 0 spiro atoms. The van der Waals surface area contributed by atoms with Gasteiger partial charge in [-0.3, -0.25) is 0 Å². The lowest BCUT2D eigenvalue weighted by atomic mass is 10.2. The Bertz CT molecular complexity index is 596. The zero-order valence-corrected chi connectivity index (χ0v) is 11.6. The zero-order chi connectivity index (χ0) is 13.1. The Balaban J connectivity index is 2.16. The maximum absolute atomic E-state index is 9.02. The molecule has 2 aromatic rings. The van der Waals surface area contributed by atoms with E-state index in [1.807, 2.05) is 19.9 Å². The fourth-order valence-electron chi connectivity index (χ4n) is 1.47. The molecule has 0 unspecified atom stereocenters. The van der Waals surface area contributed by atoms with Gasteiger partial charge in [0.1, 0.15) is 29.0 Å². The highest BCUT2D eigenvalue weighted by Gasteiger charge is 2.09. The van der Waals surface area contributed by atoms with E-state index >= 15 is 0 Å². The molecule has 18 heavy (non-hydrogen) atoms. The molecule has 0 radical (unpaired) electrons. The minimum atomic E-state index is 0.356. The predicted molar refractivity (Wildman–Crippen MR) is 72.1 cm³/mol. The highest BCUT2D eigenvalue weighted by Crippen LogP contribution is 2.26. The summed E-state index contributed by atoms with van der Waals surface area (Å²) in [6, 6.07) is 7.21. The number of halogens is 1. The van der Waals surface area contributed by atoms with Gasteiger partial charge in [0.25, 0.3) is 0 Å². The topological polar surface area (TPSA) is 45.9 Å². The molecule has 1 aromatic carbocycles. The van der Waals surface area contributed by atoms with Gasteiger partial charge in [0.2, 0.25) is 0 Å². The molecule has 5 heteroatoms. The SMILES string of the molecule is Cc1nc(COc2cccc(Cl)c2C#N)sc1C. The number of benzene rings is 1. The molecular formula is C13H11ClN2OS. The van der Waals surface area contributed by atoms with E-state index in [-0.39, 0.29) is 0 Å². The summed E-state index contributed by atoms with van der Waals surface area (Å²) < 4.78 is 5.60. The average molecular weight is 279 g/mol. The number of nitrogens with zero attached hydrogens (tertiary/aromatic N) is 2. The molecule has 1 heterocycles. The fourth-order valence-corrected chi connectivity index (χ4v) is 2.53. The second kappa shape index (κ2) is 5.38. The van der Waals surface area contributed by atoms with Crippen LogP contribution in [0.5, 0.6) is 5.75 Å². The molecule has 0 saturated heterocycles. The highest BCUT2D eigenvalue weighted by molar-refractivity contribution is 7.11. The molecule has 0 atom stereocenters. The van der Waals surface area contributed by atoms with Gasteiger partial charge in [-0.05, 0) is 26.0 Å². The van der Waals surface area contributed by atoms with Crippen molar-refractivity contribution in [1.82, 2.24) is 4.98 Å². The van der Waals surface area contributed by atoms with Crippen molar-refractivity contribution in [2.45, 2.75) is 20.5 Å². The summed E-state index contributed by atoms with van der Waals surface area (Å²) in [4.78, 5) is 5.56. The molecule has 0 fully saturated rings. The number of nitriles is 1. The maximum atomic E-state index is 9.02.